The fraction of sp³-hybridized carbons (Fsp3) is 0. The second kappa shape index (κ2) is 3.63. The molecule has 0 aliphatic heterocycles. The van der Waals surface area contributed by atoms with Crippen molar-refractivity contribution in [3.8, 4) is 12.3 Å². The predicted octanol–water partition coefficient (Wildman–Crippen LogP) is 0.931. The van der Waals surface area contributed by atoms with Crippen molar-refractivity contribution in [3.63, 3.8) is 0 Å². The highest BCUT2D eigenvalue weighted by Gasteiger charge is 2.06. The fourth-order valence-electron chi connectivity index (χ4n) is 0.664. The summed E-state index contributed by atoms with van der Waals surface area (Å²) in [7, 11) is 0. The lowest BCUT2D eigenvalue weighted by Gasteiger charge is -2.00. The van der Waals surface area contributed by atoms with E-state index in [0.717, 1.165) is 12.1 Å². The number of halogens is 2. The average molecular weight is 182 g/mol. The van der Waals surface area contributed by atoms with E-state index >= 15 is 0 Å². The van der Waals surface area contributed by atoms with E-state index in [9.17, 15) is 13.6 Å². The molecule has 0 aromatic carbocycles. The highest BCUT2D eigenvalue weighted by molar-refractivity contribution is 6.03. The molecule has 0 radical (unpaired) electrons. The molecule has 1 heterocycles. The molecule has 66 valence electrons. The number of nitrogens with zero attached hydrogens (tertiary/aromatic N) is 1. The molecule has 1 aromatic rings. The maximum absolute atomic E-state index is 12.7. The topological polar surface area (TPSA) is 42.0 Å². The van der Waals surface area contributed by atoms with Gasteiger partial charge in [-0.2, -0.15) is 13.8 Å². The minimum atomic E-state index is -1.11. The van der Waals surface area contributed by atoms with Gasteiger partial charge in [-0.1, -0.05) is 0 Å². The Morgan fingerprint density at radius 3 is 2.77 bits per heavy atom. The van der Waals surface area contributed by atoms with E-state index < -0.39 is 17.8 Å². The molecule has 0 fully saturated rings. The van der Waals surface area contributed by atoms with Gasteiger partial charge in [0.05, 0.1) is 5.69 Å². The van der Waals surface area contributed by atoms with Crippen LogP contribution in [0.25, 0.3) is 0 Å². The summed E-state index contributed by atoms with van der Waals surface area (Å²) in [4.78, 5) is 13.4. The molecule has 0 saturated heterocycles. The van der Waals surface area contributed by atoms with Crippen molar-refractivity contribution >= 4 is 11.6 Å². The Morgan fingerprint density at radius 2 is 2.23 bits per heavy atom. The molecule has 0 unspecified atom stereocenters. The third-order valence-corrected chi connectivity index (χ3v) is 1.19. The molecular formula is C8H4F2N2O. The van der Waals surface area contributed by atoms with Gasteiger partial charge in [0.15, 0.2) is 0 Å². The van der Waals surface area contributed by atoms with E-state index in [2.05, 4.69) is 4.98 Å². The van der Waals surface area contributed by atoms with Crippen molar-refractivity contribution in [1.82, 2.24) is 4.98 Å². The van der Waals surface area contributed by atoms with Crippen molar-refractivity contribution < 1.29 is 13.6 Å². The third kappa shape index (κ3) is 2.24. The van der Waals surface area contributed by atoms with Gasteiger partial charge in [0, 0.05) is 0 Å². The molecule has 5 heteroatoms. The van der Waals surface area contributed by atoms with Gasteiger partial charge in [-0.15, -0.1) is 6.42 Å². The summed E-state index contributed by atoms with van der Waals surface area (Å²) in [5.41, 5.74) is -0.246. The van der Waals surface area contributed by atoms with Crippen LogP contribution < -0.4 is 5.32 Å². The quantitative estimate of drug-likeness (QED) is 0.518. The smallest absolute Gasteiger partial charge is 0.300 e. The normalized spacial score (nSPS) is 9.00. The molecule has 1 rings (SSSR count). The number of terminal acetylenes is 1. The predicted molar refractivity (Wildman–Crippen MR) is 41.6 cm³/mol. The van der Waals surface area contributed by atoms with E-state index in [1.54, 1.807) is 5.92 Å². The fourth-order valence-corrected chi connectivity index (χ4v) is 0.664. The Hall–Kier alpha value is -1.96. The largest absolute Gasteiger partial charge is 0.311 e. The second-order valence-electron chi connectivity index (χ2n) is 2.07. The third-order valence-electron chi connectivity index (χ3n) is 1.19. The van der Waals surface area contributed by atoms with Gasteiger partial charge in [0.1, 0.15) is 0 Å². The number of pyridine rings is 1. The number of hydrogen-bond acceptors (Lipinski definition) is 2. The lowest BCUT2D eigenvalue weighted by Crippen LogP contribution is -2.10. The molecule has 1 amide bonds. The monoisotopic (exact) mass is 182 g/mol. The summed E-state index contributed by atoms with van der Waals surface area (Å²) in [5, 5.41) is 2.01. The number of rotatable bonds is 1. The van der Waals surface area contributed by atoms with Gasteiger partial charge in [-0.25, -0.2) is 0 Å². The standard InChI is InChI=1S/C8H4F2N2O/c1-2-7(13)11-5-3-4-6(9)12-8(5)10/h1,3-4H,(H,11,13). The van der Waals surface area contributed by atoms with Crippen LogP contribution in [0.5, 0.6) is 0 Å². The zero-order chi connectivity index (χ0) is 9.84. The lowest BCUT2D eigenvalue weighted by molar-refractivity contribution is -0.111. The van der Waals surface area contributed by atoms with E-state index in [1.807, 2.05) is 5.32 Å². The zero-order valence-electron chi connectivity index (χ0n) is 6.34. The molecular weight excluding hydrogens is 178 g/mol. The molecule has 13 heavy (non-hydrogen) atoms. The second-order valence-corrected chi connectivity index (χ2v) is 2.07. The van der Waals surface area contributed by atoms with Crippen LogP contribution in [0.4, 0.5) is 14.5 Å². The van der Waals surface area contributed by atoms with Crippen molar-refractivity contribution in [3.05, 3.63) is 24.0 Å². The van der Waals surface area contributed by atoms with Gasteiger partial charge in [-0.05, 0) is 18.1 Å². The highest BCUT2D eigenvalue weighted by atomic mass is 19.1. The van der Waals surface area contributed by atoms with Crippen LogP contribution in [-0.4, -0.2) is 10.9 Å². The summed E-state index contributed by atoms with van der Waals surface area (Å²) in [6.45, 7) is 0. The molecule has 0 spiro atoms. The minimum absolute atomic E-state index is 0.246. The van der Waals surface area contributed by atoms with E-state index in [-0.39, 0.29) is 5.69 Å². The van der Waals surface area contributed by atoms with Gasteiger partial charge >= 0.3 is 0 Å². The Balaban J connectivity index is 2.91. The lowest BCUT2D eigenvalue weighted by atomic mass is 10.4. The SMILES string of the molecule is C#CC(=O)Nc1ccc(F)nc1F. The highest BCUT2D eigenvalue weighted by Crippen LogP contribution is 2.10. The molecule has 3 nitrogen and oxygen atoms in total. The van der Waals surface area contributed by atoms with Gasteiger partial charge in [0.2, 0.25) is 11.9 Å². The van der Waals surface area contributed by atoms with Crippen molar-refractivity contribution in [2.45, 2.75) is 0 Å². The molecule has 0 bridgehead atoms. The minimum Gasteiger partial charge on any atom is -0.311 e. The first kappa shape index (κ1) is 9.13. The molecule has 0 atom stereocenters. The Bertz CT molecular complexity index is 384. The zero-order valence-corrected chi connectivity index (χ0v) is 6.34. The molecule has 0 aliphatic rings. The average Bonchev–Trinajstić information content (AvgIpc) is 2.09. The number of carbonyl (C=O) groups is 1. The van der Waals surface area contributed by atoms with Crippen molar-refractivity contribution in [2.24, 2.45) is 0 Å². The van der Waals surface area contributed by atoms with Crippen LogP contribution in [0, 0.1) is 24.2 Å². The molecule has 1 aromatic heterocycles. The van der Waals surface area contributed by atoms with Crippen LogP contribution in [-0.2, 0) is 4.79 Å². The first-order valence-corrected chi connectivity index (χ1v) is 3.23. The van der Waals surface area contributed by atoms with E-state index in [0.29, 0.717) is 0 Å². The summed E-state index contributed by atoms with van der Waals surface area (Å²) in [6.07, 6.45) is 4.72. The Kier molecular flexibility index (Phi) is 2.55. The summed E-state index contributed by atoms with van der Waals surface area (Å²) >= 11 is 0. The van der Waals surface area contributed by atoms with Crippen LogP contribution in [0.1, 0.15) is 0 Å². The Morgan fingerprint density at radius 1 is 1.54 bits per heavy atom. The van der Waals surface area contributed by atoms with Crippen molar-refractivity contribution in [2.75, 3.05) is 5.32 Å². The van der Waals surface area contributed by atoms with E-state index in [1.165, 1.54) is 0 Å². The number of amides is 1. The number of anilines is 1. The summed E-state index contributed by atoms with van der Waals surface area (Å²) in [6, 6.07) is 1.95. The van der Waals surface area contributed by atoms with Gasteiger partial charge < -0.3 is 5.32 Å². The number of nitrogens with one attached hydrogen (secondary N) is 1. The number of aromatic nitrogens is 1. The number of carbonyl (C=O) groups excluding carboxylic acids is 1. The molecule has 0 aliphatic carbocycles. The summed E-state index contributed by atoms with van der Waals surface area (Å²) < 4.78 is 25.0. The van der Waals surface area contributed by atoms with Crippen LogP contribution >= 0.6 is 0 Å². The van der Waals surface area contributed by atoms with Gasteiger partial charge in [-0.3, -0.25) is 4.79 Å². The first-order chi connectivity index (χ1) is 6.13. The maximum Gasteiger partial charge on any atom is 0.300 e. The Labute approximate surface area is 72.8 Å². The van der Waals surface area contributed by atoms with Crippen molar-refractivity contribution in [1.29, 1.82) is 0 Å². The maximum atomic E-state index is 12.7. The van der Waals surface area contributed by atoms with Gasteiger partial charge in [0.25, 0.3) is 5.91 Å². The molecule has 1 N–H and O–H groups in total. The van der Waals surface area contributed by atoms with Crippen LogP contribution in [0.3, 0.4) is 0 Å². The number of hydrogen-bond donors (Lipinski definition) is 1. The van der Waals surface area contributed by atoms with E-state index in [4.69, 9.17) is 6.42 Å². The first-order valence-electron chi connectivity index (χ1n) is 3.23. The van der Waals surface area contributed by atoms with Crippen LogP contribution in [0.2, 0.25) is 0 Å². The van der Waals surface area contributed by atoms with Crippen LogP contribution in [0.15, 0.2) is 12.1 Å². The molecule has 0 saturated carbocycles. The summed E-state index contributed by atoms with van der Waals surface area (Å²) in [5.74, 6) is -1.17.